The van der Waals surface area contributed by atoms with E-state index in [0.29, 0.717) is 24.7 Å². The molecule has 2 aliphatic heterocycles. The molecule has 3 heterocycles. The van der Waals surface area contributed by atoms with Crippen molar-refractivity contribution in [3.05, 3.63) is 82.8 Å². The zero-order chi connectivity index (χ0) is 28.0. The summed E-state index contributed by atoms with van der Waals surface area (Å²) >= 11 is 6.43. The van der Waals surface area contributed by atoms with Crippen molar-refractivity contribution in [3.63, 3.8) is 0 Å². The smallest absolute Gasteiger partial charge is 0.368 e. The lowest BCUT2D eigenvalue weighted by Crippen LogP contribution is -2.62. The molecule has 4 aliphatic rings. The summed E-state index contributed by atoms with van der Waals surface area (Å²) < 4.78 is 56.5. The van der Waals surface area contributed by atoms with Crippen LogP contribution in [0.5, 0.6) is 0 Å². The van der Waals surface area contributed by atoms with Crippen LogP contribution in [0, 0.1) is 11.2 Å². The first-order valence-corrected chi connectivity index (χ1v) is 13.9. The van der Waals surface area contributed by atoms with Crippen LogP contribution in [-0.4, -0.2) is 50.4 Å². The van der Waals surface area contributed by atoms with Gasteiger partial charge in [-0.1, -0.05) is 24.2 Å². The zero-order valence-corrected chi connectivity index (χ0v) is 22.8. The van der Waals surface area contributed by atoms with E-state index in [4.69, 9.17) is 11.6 Å². The van der Waals surface area contributed by atoms with Gasteiger partial charge in [0.15, 0.2) is 11.6 Å². The largest absolute Gasteiger partial charge is 0.419 e. The molecule has 1 aromatic heterocycles. The molecular formula is C29H29ClF4N6. The Morgan fingerprint density at radius 2 is 1.82 bits per heavy atom. The summed E-state index contributed by atoms with van der Waals surface area (Å²) in [7, 11) is 2.06. The number of halogens is 5. The van der Waals surface area contributed by atoms with Gasteiger partial charge in [0.05, 0.1) is 29.1 Å². The third-order valence-electron chi connectivity index (χ3n) is 9.35. The van der Waals surface area contributed by atoms with Crippen molar-refractivity contribution in [3.8, 4) is 5.69 Å². The maximum atomic E-state index is 14.7. The van der Waals surface area contributed by atoms with Gasteiger partial charge in [0.2, 0.25) is 0 Å². The highest BCUT2D eigenvalue weighted by molar-refractivity contribution is 6.30. The molecule has 3 fully saturated rings. The minimum absolute atomic E-state index is 0.0182. The molecule has 0 atom stereocenters. The molecule has 2 aliphatic carbocycles. The van der Waals surface area contributed by atoms with Crippen molar-refractivity contribution in [1.82, 2.24) is 24.6 Å². The highest BCUT2D eigenvalue weighted by Crippen LogP contribution is 2.57. The van der Waals surface area contributed by atoms with Gasteiger partial charge in [-0.15, -0.1) is 10.2 Å². The predicted octanol–water partition coefficient (Wildman–Crippen LogP) is 6.34. The minimum atomic E-state index is -4.72. The number of rotatable bonds is 5. The molecule has 0 bridgehead atoms. The van der Waals surface area contributed by atoms with Gasteiger partial charge in [0.25, 0.3) is 0 Å². The molecule has 0 amide bonds. The molecule has 2 aromatic carbocycles. The number of benzene rings is 2. The van der Waals surface area contributed by atoms with Gasteiger partial charge >= 0.3 is 6.18 Å². The number of hydrogen-bond donors (Lipinski definition) is 0. The van der Waals surface area contributed by atoms with Gasteiger partial charge in [-0.2, -0.15) is 13.2 Å². The van der Waals surface area contributed by atoms with Crippen LogP contribution in [-0.2, 0) is 19.3 Å². The predicted molar refractivity (Wildman–Crippen MR) is 144 cm³/mol. The summed E-state index contributed by atoms with van der Waals surface area (Å²) in [5, 5.41) is 9.98. The number of nitrogens with zero attached hydrogens (tertiary/aromatic N) is 6. The summed E-state index contributed by atoms with van der Waals surface area (Å²) in [4.78, 5) is 6.32. The maximum Gasteiger partial charge on any atom is 0.419 e. The first-order chi connectivity index (χ1) is 19.0. The lowest BCUT2D eigenvalue weighted by molar-refractivity contribution is -0.139. The van der Waals surface area contributed by atoms with E-state index in [1.807, 2.05) is 24.4 Å². The molecule has 0 unspecified atom stereocenters. The van der Waals surface area contributed by atoms with Crippen LogP contribution in [0.3, 0.4) is 0 Å². The van der Waals surface area contributed by atoms with Crippen molar-refractivity contribution in [2.75, 3.05) is 25.0 Å². The van der Waals surface area contributed by atoms with Crippen molar-refractivity contribution >= 4 is 17.3 Å². The summed E-state index contributed by atoms with van der Waals surface area (Å²) in [6.45, 7) is 6.39. The minimum Gasteiger partial charge on any atom is -0.368 e. The molecule has 6 nitrogen and oxygen atoms in total. The van der Waals surface area contributed by atoms with E-state index in [-0.39, 0.29) is 22.7 Å². The van der Waals surface area contributed by atoms with E-state index in [1.165, 1.54) is 12.1 Å². The van der Waals surface area contributed by atoms with Gasteiger partial charge in [0, 0.05) is 43.0 Å². The van der Waals surface area contributed by atoms with Crippen LogP contribution in [0.15, 0.2) is 49.2 Å². The van der Waals surface area contributed by atoms with Gasteiger partial charge in [-0.25, -0.2) is 4.39 Å². The lowest BCUT2D eigenvalue weighted by atomic mass is 9.57. The van der Waals surface area contributed by atoms with Gasteiger partial charge in [-0.3, -0.25) is 9.47 Å². The summed E-state index contributed by atoms with van der Waals surface area (Å²) in [5.74, 6) is 0.744. The molecule has 0 N–H and O–H groups in total. The van der Waals surface area contributed by atoms with E-state index in [2.05, 4.69) is 38.2 Å². The topological polar surface area (TPSA) is 40.4 Å². The van der Waals surface area contributed by atoms with Crippen molar-refractivity contribution in [2.45, 2.75) is 56.5 Å². The Labute approximate surface area is 234 Å². The molecule has 11 heteroatoms. The molecule has 1 saturated heterocycles. The SMILES string of the molecule is C=CN(C)C1(N2Cc3cc(Cl)ccc3-n3c(nnc3C3CC4(C3)CN(c3cccc(C(F)(F)F)c3F)C4)C2)CC1. The highest BCUT2D eigenvalue weighted by atomic mass is 35.5. The van der Waals surface area contributed by atoms with Crippen LogP contribution >= 0.6 is 11.6 Å². The van der Waals surface area contributed by atoms with Crippen LogP contribution in [0.2, 0.25) is 5.02 Å². The Bertz CT molecular complexity index is 1500. The van der Waals surface area contributed by atoms with Crippen molar-refractivity contribution in [1.29, 1.82) is 0 Å². The molecule has 0 radical (unpaired) electrons. The summed E-state index contributed by atoms with van der Waals surface area (Å²) in [5.41, 5.74) is 0.786. The second-order valence-electron chi connectivity index (χ2n) is 11.8. The average Bonchev–Trinajstić information content (AvgIpc) is 3.60. The highest BCUT2D eigenvalue weighted by Gasteiger charge is 2.56. The molecule has 210 valence electrons. The third kappa shape index (κ3) is 3.86. The fourth-order valence-electron chi connectivity index (χ4n) is 7.10. The van der Waals surface area contributed by atoms with Crippen LogP contribution in [0.1, 0.15) is 54.4 Å². The number of anilines is 1. The Hall–Kier alpha value is -3.11. The Kier molecular flexibility index (Phi) is 5.61. The van der Waals surface area contributed by atoms with E-state index in [0.717, 1.165) is 61.2 Å². The van der Waals surface area contributed by atoms with Crippen LogP contribution in [0.25, 0.3) is 5.69 Å². The van der Waals surface area contributed by atoms with Crippen molar-refractivity contribution in [2.24, 2.45) is 5.41 Å². The number of alkyl halides is 3. The van der Waals surface area contributed by atoms with E-state index in [1.54, 1.807) is 4.90 Å². The molecule has 1 spiro atoms. The number of aromatic nitrogens is 3. The standard InChI is InChI=1S/C29H29ClF4N6/c1-3-37(2)28(9-10-28)39-14-18-11-20(30)7-8-22(18)40-24(15-39)35-36-26(40)19-12-27(13-19)16-38(17-27)23-6-4-5-21(25(23)31)29(32,33)34/h3-8,11,19H,1,9-10,12-17H2,2H3. The Balaban J connectivity index is 1.13. The van der Waals surface area contributed by atoms with Gasteiger partial charge in [0.1, 0.15) is 5.82 Å². The normalized spacial score (nSPS) is 21.2. The fraction of sp³-hybridized carbons (Fsp3) is 0.448. The summed E-state index contributed by atoms with van der Waals surface area (Å²) in [6.07, 6.45) is 0.900. The zero-order valence-electron chi connectivity index (χ0n) is 22.1. The third-order valence-corrected chi connectivity index (χ3v) is 9.58. The molecule has 7 rings (SSSR count). The van der Waals surface area contributed by atoms with E-state index >= 15 is 0 Å². The second-order valence-corrected chi connectivity index (χ2v) is 12.2. The summed E-state index contributed by atoms with van der Waals surface area (Å²) in [6, 6.07) is 9.43. The number of hydrogen-bond acceptors (Lipinski definition) is 5. The van der Waals surface area contributed by atoms with Crippen molar-refractivity contribution < 1.29 is 17.6 Å². The average molecular weight is 573 g/mol. The van der Waals surface area contributed by atoms with Crippen LogP contribution in [0.4, 0.5) is 23.2 Å². The van der Waals surface area contributed by atoms with Gasteiger partial charge < -0.3 is 9.80 Å². The molecule has 40 heavy (non-hydrogen) atoms. The monoisotopic (exact) mass is 572 g/mol. The molecular weight excluding hydrogens is 544 g/mol. The van der Waals surface area contributed by atoms with E-state index in [9.17, 15) is 17.6 Å². The number of fused-ring (bicyclic) bond motifs is 3. The quantitative estimate of drug-likeness (QED) is 0.334. The van der Waals surface area contributed by atoms with Gasteiger partial charge in [-0.05, 0) is 67.8 Å². The maximum absolute atomic E-state index is 14.7. The van der Waals surface area contributed by atoms with Crippen LogP contribution < -0.4 is 4.90 Å². The second kappa shape index (κ2) is 8.69. The lowest BCUT2D eigenvalue weighted by Gasteiger charge is -2.59. The fourth-order valence-corrected chi connectivity index (χ4v) is 7.30. The van der Waals surface area contributed by atoms with E-state index < -0.39 is 17.6 Å². The first-order valence-electron chi connectivity index (χ1n) is 13.5. The molecule has 2 saturated carbocycles. The Morgan fingerprint density at radius 1 is 1.07 bits per heavy atom. The molecule has 3 aromatic rings. The first kappa shape index (κ1) is 25.8. The Morgan fingerprint density at radius 3 is 2.50 bits per heavy atom.